The summed E-state index contributed by atoms with van der Waals surface area (Å²) in [5.41, 5.74) is 2.07. The SMILES string of the molecule is CCCCc1c(C)c(C)c(C)c(C)c1O.O=S(=O)(O)c1nc2cc(S(=O)(=O)O)c(S(=O)(=O)O)c(S(=O)(=O)O)c2[nH]1.O=S(=O)([O-])c1c(S(=O)(=O)O)cc2nc(S(=O)(=O)Oc3ccccc3)[nH]c2c1S(=O)(=O)[O-].[Na+].[Na+]. The molecule has 6 rings (SSSR count). The van der Waals surface area contributed by atoms with Crippen molar-refractivity contribution in [2.45, 2.75) is 93.6 Å². The number of benzene rings is 4. The van der Waals surface area contributed by atoms with Gasteiger partial charge in [-0.15, -0.1) is 0 Å². The average Bonchev–Trinajstić information content (AvgIpc) is 3.85. The van der Waals surface area contributed by atoms with Gasteiger partial charge in [0.2, 0.25) is 0 Å². The van der Waals surface area contributed by atoms with Crippen LogP contribution in [0, 0.1) is 27.7 Å². The van der Waals surface area contributed by atoms with Crippen LogP contribution in [0.15, 0.2) is 82.2 Å². The summed E-state index contributed by atoms with van der Waals surface area (Å²) in [5.74, 6) is 0.310. The Balaban J connectivity index is 0.000000391. The molecule has 2 aromatic heterocycles. The number of para-hydroxylation sites is 1. The van der Waals surface area contributed by atoms with Crippen molar-refractivity contribution in [2.24, 2.45) is 0 Å². The Kier molecular flexibility index (Phi) is 20.9. The summed E-state index contributed by atoms with van der Waals surface area (Å²) in [7, 11) is -44.2. The Morgan fingerprint density at radius 1 is 0.534 bits per heavy atom. The van der Waals surface area contributed by atoms with Crippen LogP contribution >= 0.6 is 0 Å². The first kappa shape index (κ1) is 65.9. The van der Waals surface area contributed by atoms with E-state index in [2.05, 4.69) is 37.7 Å². The van der Waals surface area contributed by atoms with Crippen LogP contribution in [0.25, 0.3) is 22.1 Å². The van der Waals surface area contributed by atoms with Gasteiger partial charge in [-0.05, 0) is 92.6 Å². The second kappa shape index (κ2) is 23.1. The van der Waals surface area contributed by atoms with Gasteiger partial charge >= 0.3 is 79.4 Å². The van der Waals surface area contributed by atoms with Crippen LogP contribution in [0.1, 0.15) is 47.6 Å². The molecule has 8 N–H and O–H groups in total. The number of imidazole rings is 2. The second-order valence-corrected chi connectivity index (χ2v) is 25.4. The molecule has 73 heavy (non-hydrogen) atoms. The predicted molar refractivity (Wildman–Crippen MR) is 237 cm³/mol. The van der Waals surface area contributed by atoms with E-state index in [0.717, 1.165) is 24.0 Å². The number of fused-ring (bicyclic) bond motifs is 2. The molecule has 0 aliphatic heterocycles. The van der Waals surface area contributed by atoms with E-state index in [-0.39, 0.29) is 77.0 Å². The number of phenolic OH excluding ortho intramolecular Hbond substituents is 1. The molecule has 0 amide bonds. The van der Waals surface area contributed by atoms with E-state index in [0.29, 0.717) is 5.75 Å². The van der Waals surface area contributed by atoms with Crippen molar-refractivity contribution >= 4 is 103 Å². The summed E-state index contributed by atoms with van der Waals surface area (Å²) in [6.07, 6.45) is 3.32. The minimum absolute atomic E-state index is 0. The van der Waals surface area contributed by atoms with Gasteiger partial charge in [0.05, 0.1) is 31.9 Å². The molecule has 0 saturated carbocycles. The number of aromatic amines is 2. The van der Waals surface area contributed by atoms with Crippen LogP contribution in [0.5, 0.6) is 11.5 Å². The topological polar surface area (TPSA) is 507 Å². The fourth-order valence-electron chi connectivity index (χ4n) is 6.38. The summed E-state index contributed by atoms with van der Waals surface area (Å²) in [6, 6.07) is 7.23. The number of H-pyrrole nitrogens is 2. The summed E-state index contributed by atoms with van der Waals surface area (Å²) >= 11 is 0. The predicted octanol–water partition coefficient (Wildman–Crippen LogP) is -4.09. The molecule has 0 atom stereocenters. The summed E-state index contributed by atoms with van der Waals surface area (Å²) in [6.45, 7) is 10.5. The molecule has 2 heterocycles. The largest absolute Gasteiger partial charge is 1.00 e. The van der Waals surface area contributed by atoms with Crippen molar-refractivity contribution in [3.63, 3.8) is 0 Å². The van der Waals surface area contributed by atoms with Gasteiger partial charge in [0, 0.05) is 0 Å². The monoisotopic (exact) mass is 1200 g/mol. The van der Waals surface area contributed by atoms with Crippen molar-refractivity contribution in [1.82, 2.24) is 19.9 Å². The van der Waals surface area contributed by atoms with Gasteiger partial charge in [-0.1, -0.05) is 31.5 Å². The van der Waals surface area contributed by atoms with Crippen molar-refractivity contribution in [3.8, 4) is 11.5 Å². The van der Waals surface area contributed by atoms with Crippen LogP contribution in [0.4, 0.5) is 0 Å². The number of aromatic hydroxyl groups is 1. The minimum Gasteiger partial charge on any atom is -0.744 e. The zero-order chi connectivity index (χ0) is 54.6. The third-order valence-electron chi connectivity index (χ3n) is 9.83. The molecule has 0 aliphatic rings. The van der Waals surface area contributed by atoms with Gasteiger partial charge in [-0.2, -0.15) is 50.5 Å². The Labute approximate surface area is 461 Å². The number of aromatic nitrogens is 4. The van der Waals surface area contributed by atoms with Crippen LogP contribution in [-0.4, -0.2) is 124 Å². The number of nitrogens with one attached hydrogen (secondary N) is 2. The zero-order valence-corrected chi connectivity index (χ0v) is 48.8. The molecule has 0 saturated heterocycles. The first-order valence-electron chi connectivity index (χ1n) is 18.7. The van der Waals surface area contributed by atoms with Crippen molar-refractivity contribution in [1.29, 1.82) is 0 Å². The summed E-state index contributed by atoms with van der Waals surface area (Å²) < 4.78 is 258. The maximum absolute atomic E-state index is 12.4. The molecule has 0 radical (unpaired) electrons. The van der Waals surface area contributed by atoms with Crippen molar-refractivity contribution in [3.05, 3.63) is 70.3 Å². The van der Waals surface area contributed by atoms with E-state index in [1.807, 2.05) is 11.9 Å². The first-order chi connectivity index (χ1) is 32.0. The minimum atomic E-state index is -5.99. The second-order valence-electron chi connectivity index (χ2n) is 14.5. The molecule has 39 heteroatoms. The smallest absolute Gasteiger partial charge is 0.744 e. The molecule has 6 aromatic rings. The number of unbranched alkanes of at least 4 members (excludes halogenated alkanes) is 1. The van der Waals surface area contributed by atoms with E-state index in [4.69, 9.17) is 17.8 Å². The Bertz CT molecular complexity index is 4060. The number of phenols is 1. The number of rotatable bonds is 13. The number of hydrogen-bond donors (Lipinski definition) is 8. The average molecular weight is 1200 g/mol. The quantitative estimate of drug-likeness (QED) is 0.0310. The van der Waals surface area contributed by atoms with Crippen molar-refractivity contribution < 1.29 is 168 Å². The maximum atomic E-state index is 12.4. The number of hydrogen-bond acceptors (Lipinski definition) is 22. The van der Waals surface area contributed by atoms with Crippen LogP contribution < -0.4 is 63.3 Å². The molecule has 0 bridgehead atoms. The third-order valence-corrected chi connectivity index (χ3v) is 17.6. The standard InChI is InChI=1S/C14H22O.C13H10N2O12S4.C7H6N2O12S4.2Na/c1-6-7-8-13-11(4)9(2)10(3)12(5)14(13)15;16-28(17,18)9-6-8-10(12(30(22,23)24)11(9)29(19,20)21)15-13(14-8)31(25,26)27-7-4-2-1-3-5-7;10-22(11,12)3-1-2-4(9-7(8-2)25(19,20)21)6(24(16,17)18)5(3)23(13,14)15;;/h15H,6-8H2,1-5H3;1-6H,(H,14,15)(H,16,17,18)(H,19,20,21)(H,22,23,24);1H,(H,8,9)(H,10,11,12)(H,13,14,15)(H,16,17,18)(H,19,20,21);;/q;;;2*+1/p-2. The van der Waals surface area contributed by atoms with Gasteiger partial charge < -0.3 is 28.4 Å². The molecule has 392 valence electrons. The zero-order valence-electron chi connectivity index (χ0n) is 38.3. The maximum Gasteiger partial charge on any atom is 1.00 e. The fourth-order valence-corrected chi connectivity index (χ4v) is 14.3. The van der Waals surface area contributed by atoms with Crippen LogP contribution in [-0.2, 0) is 87.4 Å². The van der Waals surface area contributed by atoms with Crippen LogP contribution in [0.3, 0.4) is 0 Å². The van der Waals surface area contributed by atoms with Gasteiger partial charge in [-0.25, -0.2) is 26.8 Å². The Morgan fingerprint density at radius 2 is 0.945 bits per heavy atom. The van der Waals surface area contributed by atoms with E-state index in [1.54, 1.807) is 4.98 Å². The molecule has 0 unspecified atom stereocenters. The Hall–Kier alpha value is -3.26. The Morgan fingerprint density at radius 3 is 1.36 bits per heavy atom. The molecule has 0 aliphatic carbocycles. The molecule has 0 spiro atoms. The molecule has 0 fully saturated rings. The number of nitrogens with zero attached hydrogens (tertiary/aromatic N) is 2. The van der Waals surface area contributed by atoms with E-state index >= 15 is 0 Å². The van der Waals surface area contributed by atoms with Gasteiger partial charge in [0.15, 0.2) is 0 Å². The molecular formula is C34H36N4Na2O25S8. The normalized spacial score (nSPS) is 12.7. The van der Waals surface area contributed by atoms with Gasteiger partial charge in [-0.3, -0.25) is 22.8 Å². The first-order valence-corrected chi connectivity index (χ1v) is 30.1. The fraction of sp³-hybridized carbons (Fsp3) is 0.235. The van der Waals surface area contributed by atoms with Crippen molar-refractivity contribution in [2.75, 3.05) is 0 Å². The van der Waals surface area contributed by atoms with Gasteiger partial charge in [0.1, 0.15) is 51.3 Å². The van der Waals surface area contributed by atoms with E-state index in [1.165, 1.54) is 53.4 Å². The summed E-state index contributed by atoms with van der Waals surface area (Å²) in [5, 5.41) is 7.62. The molecule has 4 aromatic carbocycles. The summed E-state index contributed by atoms with van der Waals surface area (Å²) in [4.78, 5) is -1.21. The molecular weight excluding hydrogens is 1170 g/mol. The van der Waals surface area contributed by atoms with E-state index in [9.17, 15) is 90.7 Å². The third kappa shape index (κ3) is 15.2. The van der Waals surface area contributed by atoms with E-state index < -0.39 is 143 Å². The van der Waals surface area contributed by atoms with Gasteiger partial charge in [0.25, 0.3) is 50.8 Å². The van der Waals surface area contributed by atoms with Crippen LogP contribution in [0.2, 0.25) is 0 Å². The molecule has 29 nitrogen and oxygen atoms in total.